The van der Waals surface area contributed by atoms with E-state index in [2.05, 4.69) is 6.07 Å². The fraction of sp³-hybridized carbons (Fsp3) is 0.133. The van der Waals surface area contributed by atoms with E-state index >= 15 is 0 Å². The van der Waals surface area contributed by atoms with Crippen molar-refractivity contribution < 1.29 is 4.74 Å². The van der Waals surface area contributed by atoms with Gasteiger partial charge in [-0.25, -0.2) is 0 Å². The molecule has 0 fully saturated rings. The number of ether oxygens (including phenoxy) is 1. The summed E-state index contributed by atoms with van der Waals surface area (Å²) in [6.45, 7) is 0.721. The molecule has 19 heavy (non-hydrogen) atoms. The number of rotatable bonds is 2. The van der Waals surface area contributed by atoms with Crippen LogP contribution in [0.25, 0.3) is 11.3 Å². The van der Waals surface area contributed by atoms with Crippen LogP contribution in [0.1, 0.15) is 16.0 Å². The lowest BCUT2D eigenvalue weighted by Crippen LogP contribution is -2.00. The number of nitrogens with zero attached hydrogens (tertiary/aromatic N) is 1. The standard InChI is InChI=1S/C15H12N2OS/c16-9-12(14-2-1-7-19-14)15(17)11-3-4-13-10(8-11)5-6-18-13/h1-4,7-8H,5-6,17H2/b15-12-. The van der Waals surface area contributed by atoms with Crippen LogP contribution in [-0.4, -0.2) is 6.61 Å². The van der Waals surface area contributed by atoms with Gasteiger partial charge in [-0.2, -0.15) is 5.26 Å². The summed E-state index contributed by atoms with van der Waals surface area (Å²) in [5, 5.41) is 11.3. The quantitative estimate of drug-likeness (QED) is 0.852. The average molecular weight is 268 g/mol. The molecule has 1 aliphatic rings. The van der Waals surface area contributed by atoms with Crippen molar-refractivity contribution in [2.75, 3.05) is 6.61 Å². The van der Waals surface area contributed by atoms with E-state index in [1.165, 1.54) is 11.3 Å². The Morgan fingerprint density at radius 1 is 1.37 bits per heavy atom. The van der Waals surface area contributed by atoms with E-state index in [4.69, 9.17) is 10.5 Å². The van der Waals surface area contributed by atoms with E-state index in [0.717, 1.165) is 34.8 Å². The maximum atomic E-state index is 9.32. The lowest BCUT2D eigenvalue weighted by molar-refractivity contribution is 0.357. The van der Waals surface area contributed by atoms with Crippen LogP contribution in [0.5, 0.6) is 5.75 Å². The van der Waals surface area contributed by atoms with Crippen LogP contribution in [0, 0.1) is 11.3 Å². The molecule has 1 aromatic carbocycles. The highest BCUT2D eigenvalue weighted by Gasteiger charge is 2.15. The molecule has 0 atom stereocenters. The molecule has 0 amide bonds. The number of benzene rings is 1. The highest BCUT2D eigenvalue weighted by molar-refractivity contribution is 7.11. The number of thiophene rings is 1. The average Bonchev–Trinajstić information content (AvgIpc) is 3.09. The molecule has 0 bridgehead atoms. The lowest BCUT2D eigenvalue weighted by atomic mass is 10.0. The summed E-state index contributed by atoms with van der Waals surface area (Å²) in [5.41, 5.74) is 9.26. The van der Waals surface area contributed by atoms with Crippen LogP contribution in [0.4, 0.5) is 0 Å². The Balaban J connectivity index is 2.08. The molecule has 0 saturated carbocycles. The molecule has 0 unspecified atom stereocenters. The van der Waals surface area contributed by atoms with Gasteiger partial charge < -0.3 is 10.5 Å². The van der Waals surface area contributed by atoms with Gasteiger partial charge in [0.15, 0.2) is 0 Å². The molecule has 1 aromatic heterocycles. The molecule has 94 valence electrons. The summed E-state index contributed by atoms with van der Waals surface area (Å²) in [5.74, 6) is 0.922. The van der Waals surface area contributed by atoms with Gasteiger partial charge in [0.1, 0.15) is 11.8 Å². The van der Waals surface area contributed by atoms with Crippen molar-refractivity contribution in [1.82, 2.24) is 0 Å². The van der Waals surface area contributed by atoms with Gasteiger partial charge in [-0.15, -0.1) is 11.3 Å². The SMILES string of the molecule is N#C/C(=C(/N)c1ccc2c(c1)CCO2)c1cccs1. The zero-order valence-electron chi connectivity index (χ0n) is 10.2. The first kappa shape index (κ1) is 11.8. The normalized spacial score (nSPS) is 14.3. The van der Waals surface area contributed by atoms with Crippen LogP contribution in [0.2, 0.25) is 0 Å². The van der Waals surface area contributed by atoms with Gasteiger partial charge in [-0.3, -0.25) is 0 Å². The minimum atomic E-state index is 0.527. The van der Waals surface area contributed by atoms with E-state index in [1.807, 2.05) is 35.7 Å². The van der Waals surface area contributed by atoms with Crippen molar-refractivity contribution in [3.8, 4) is 11.8 Å². The highest BCUT2D eigenvalue weighted by Crippen LogP contribution is 2.30. The molecule has 3 nitrogen and oxygen atoms in total. The van der Waals surface area contributed by atoms with Crippen molar-refractivity contribution in [3.63, 3.8) is 0 Å². The van der Waals surface area contributed by atoms with Gasteiger partial charge in [0.05, 0.1) is 17.9 Å². The Hall–Kier alpha value is -2.25. The molecule has 2 aromatic rings. The predicted molar refractivity (Wildman–Crippen MR) is 76.6 cm³/mol. The lowest BCUT2D eigenvalue weighted by Gasteiger charge is -2.06. The summed E-state index contributed by atoms with van der Waals surface area (Å²) < 4.78 is 5.47. The molecule has 2 heterocycles. The van der Waals surface area contributed by atoms with Gasteiger partial charge in [0.2, 0.25) is 0 Å². The molecular weight excluding hydrogens is 256 g/mol. The van der Waals surface area contributed by atoms with E-state index < -0.39 is 0 Å². The molecule has 2 N–H and O–H groups in total. The summed E-state index contributed by atoms with van der Waals surface area (Å²) in [4.78, 5) is 0.900. The summed E-state index contributed by atoms with van der Waals surface area (Å²) in [6.07, 6.45) is 0.900. The Morgan fingerprint density at radius 2 is 2.26 bits per heavy atom. The van der Waals surface area contributed by atoms with Crippen molar-refractivity contribution in [3.05, 3.63) is 51.7 Å². The molecular formula is C15H12N2OS. The Bertz CT molecular complexity index is 681. The van der Waals surface area contributed by atoms with Crippen molar-refractivity contribution in [2.24, 2.45) is 5.73 Å². The van der Waals surface area contributed by atoms with Crippen LogP contribution in [0.15, 0.2) is 35.7 Å². The molecule has 1 aliphatic heterocycles. The number of nitrogens with two attached hydrogens (primary N) is 1. The zero-order valence-corrected chi connectivity index (χ0v) is 11.0. The second-order valence-electron chi connectivity index (χ2n) is 4.30. The fourth-order valence-electron chi connectivity index (χ4n) is 2.17. The Kier molecular flexibility index (Phi) is 2.98. The van der Waals surface area contributed by atoms with Crippen molar-refractivity contribution >= 4 is 22.6 Å². The predicted octanol–water partition coefficient (Wildman–Crippen LogP) is 3.03. The summed E-state index contributed by atoms with van der Waals surface area (Å²) in [6, 6.07) is 11.9. The largest absolute Gasteiger partial charge is 0.493 e. The van der Waals surface area contributed by atoms with Crippen molar-refractivity contribution in [1.29, 1.82) is 5.26 Å². The summed E-state index contributed by atoms with van der Waals surface area (Å²) in [7, 11) is 0. The molecule has 0 saturated heterocycles. The molecule has 0 radical (unpaired) electrons. The summed E-state index contributed by atoms with van der Waals surface area (Å²) >= 11 is 1.52. The van der Waals surface area contributed by atoms with E-state index in [1.54, 1.807) is 0 Å². The van der Waals surface area contributed by atoms with Crippen LogP contribution in [0.3, 0.4) is 0 Å². The second kappa shape index (κ2) is 4.79. The van der Waals surface area contributed by atoms with Gasteiger partial charge in [0, 0.05) is 11.3 Å². The van der Waals surface area contributed by atoms with E-state index in [-0.39, 0.29) is 0 Å². The Labute approximate surface area is 115 Å². The van der Waals surface area contributed by atoms with Crippen LogP contribution >= 0.6 is 11.3 Å². The van der Waals surface area contributed by atoms with Gasteiger partial charge >= 0.3 is 0 Å². The van der Waals surface area contributed by atoms with Crippen LogP contribution in [-0.2, 0) is 6.42 Å². The third-order valence-electron chi connectivity index (χ3n) is 3.15. The maximum Gasteiger partial charge on any atom is 0.122 e. The minimum Gasteiger partial charge on any atom is -0.493 e. The van der Waals surface area contributed by atoms with Crippen LogP contribution < -0.4 is 10.5 Å². The zero-order chi connectivity index (χ0) is 13.2. The topological polar surface area (TPSA) is 59.0 Å². The number of hydrogen-bond donors (Lipinski definition) is 1. The minimum absolute atomic E-state index is 0.527. The van der Waals surface area contributed by atoms with Crippen molar-refractivity contribution in [2.45, 2.75) is 6.42 Å². The first-order chi connectivity index (χ1) is 9.29. The maximum absolute atomic E-state index is 9.32. The Morgan fingerprint density at radius 3 is 3.00 bits per heavy atom. The molecule has 3 rings (SSSR count). The molecule has 0 spiro atoms. The number of fused-ring (bicyclic) bond motifs is 1. The third-order valence-corrected chi connectivity index (χ3v) is 4.04. The third kappa shape index (κ3) is 2.09. The second-order valence-corrected chi connectivity index (χ2v) is 5.25. The highest BCUT2D eigenvalue weighted by atomic mass is 32.1. The van der Waals surface area contributed by atoms with Gasteiger partial charge in [-0.1, -0.05) is 6.07 Å². The first-order valence-corrected chi connectivity index (χ1v) is 6.87. The smallest absolute Gasteiger partial charge is 0.122 e. The van der Waals surface area contributed by atoms with E-state index in [0.29, 0.717) is 11.3 Å². The van der Waals surface area contributed by atoms with Gasteiger partial charge in [-0.05, 0) is 40.8 Å². The number of nitriles is 1. The molecule has 0 aliphatic carbocycles. The monoisotopic (exact) mass is 268 g/mol. The van der Waals surface area contributed by atoms with E-state index in [9.17, 15) is 5.26 Å². The first-order valence-electron chi connectivity index (χ1n) is 5.99. The number of allylic oxidation sites excluding steroid dienone is 1. The fourth-order valence-corrected chi connectivity index (χ4v) is 2.90. The van der Waals surface area contributed by atoms with Gasteiger partial charge in [0.25, 0.3) is 0 Å². The number of hydrogen-bond acceptors (Lipinski definition) is 4. The molecule has 4 heteroatoms.